The molecule has 0 bridgehead atoms. The van der Waals surface area contributed by atoms with Gasteiger partial charge >= 0.3 is 0 Å². The number of piperidine rings is 1. The van der Waals surface area contributed by atoms with E-state index in [4.69, 9.17) is 0 Å². The molecule has 3 nitrogen and oxygen atoms in total. The van der Waals surface area contributed by atoms with Gasteiger partial charge in [0.25, 0.3) is 0 Å². The molecule has 0 saturated carbocycles. The highest BCUT2D eigenvalue weighted by atomic mass is 15.2. The Hall–Kier alpha value is -1.87. The average Bonchev–Trinajstić information content (AvgIpc) is 2.65. The Morgan fingerprint density at radius 2 is 1.88 bits per heavy atom. The average molecular weight is 323 g/mol. The van der Waals surface area contributed by atoms with Crippen LogP contribution in [0.2, 0.25) is 0 Å². The second-order valence-electron chi connectivity index (χ2n) is 6.61. The van der Waals surface area contributed by atoms with Gasteiger partial charge in [0.05, 0.1) is 0 Å². The van der Waals surface area contributed by atoms with E-state index in [1.54, 1.807) is 0 Å². The first kappa shape index (κ1) is 17.0. The fraction of sp³-hybridized carbons (Fsp3) is 0.476. The van der Waals surface area contributed by atoms with Gasteiger partial charge < -0.3 is 4.90 Å². The maximum atomic E-state index is 4.32. The van der Waals surface area contributed by atoms with Crippen LogP contribution in [-0.4, -0.2) is 29.5 Å². The topological polar surface area (TPSA) is 19.4 Å². The molecule has 1 aromatic carbocycles. The van der Waals surface area contributed by atoms with Crippen LogP contribution in [0, 0.1) is 0 Å². The molecule has 1 aliphatic rings. The largest absolute Gasteiger partial charge is 0.372 e. The number of anilines is 1. The molecule has 1 unspecified atom stereocenters. The van der Waals surface area contributed by atoms with E-state index in [1.165, 1.54) is 42.6 Å². The highest BCUT2D eigenvalue weighted by molar-refractivity contribution is 5.47. The lowest BCUT2D eigenvalue weighted by Crippen LogP contribution is -2.33. The van der Waals surface area contributed by atoms with Crippen molar-refractivity contribution in [1.29, 1.82) is 0 Å². The van der Waals surface area contributed by atoms with Crippen LogP contribution in [0.4, 0.5) is 5.69 Å². The zero-order valence-electron chi connectivity index (χ0n) is 15.0. The zero-order valence-corrected chi connectivity index (χ0v) is 15.0. The Kier molecular flexibility index (Phi) is 5.86. The molecular formula is C21H29N3. The van der Waals surface area contributed by atoms with E-state index in [0.717, 1.165) is 19.6 Å². The van der Waals surface area contributed by atoms with E-state index in [0.29, 0.717) is 6.04 Å². The lowest BCUT2D eigenvalue weighted by atomic mass is 9.96. The smallest absolute Gasteiger partial charge is 0.0366 e. The first-order chi connectivity index (χ1) is 11.8. The predicted molar refractivity (Wildman–Crippen MR) is 101 cm³/mol. The molecule has 3 rings (SSSR count). The molecule has 2 aromatic rings. The molecule has 0 radical (unpaired) electrons. The van der Waals surface area contributed by atoms with Gasteiger partial charge in [0.15, 0.2) is 0 Å². The van der Waals surface area contributed by atoms with Crippen LogP contribution in [-0.2, 0) is 6.54 Å². The van der Waals surface area contributed by atoms with Crippen LogP contribution >= 0.6 is 0 Å². The number of likely N-dealkylation sites (tertiary alicyclic amines) is 1. The Bertz CT molecular complexity index is 605. The predicted octanol–water partition coefficient (Wildman–Crippen LogP) is 4.66. The molecule has 2 heterocycles. The molecule has 0 spiro atoms. The minimum atomic E-state index is 0.509. The van der Waals surface area contributed by atoms with Crippen molar-refractivity contribution in [3.05, 3.63) is 59.9 Å². The van der Waals surface area contributed by atoms with Crippen molar-refractivity contribution < 1.29 is 0 Å². The van der Waals surface area contributed by atoms with Gasteiger partial charge in [-0.1, -0.05) is 24.6 Å². The second kappa shape index (κ2) is 8.29. The van der Waals surface area contributed by atoms with Gasteiger partial charge in [-0.15, -0.1) is 0 Å². The van der Waals surface area contributed by atoms with Crippen LogP contribution in [0.3, 0.4) is 0 Å². The summed E-state index contributed by atoms with van der Waals surface area (Å²) >= 11 is 0. The van der Waals surface area contributed by atoms with Crippen molar-refractivity contribution in [2.75, 3.05) is 24.5 Å². The third-order valence-electron chi connectivity index (χ3n) is 5.13. The summed E-state index contributed by atoms with van der Waals surface area (Å²) in [4.78, 5) is 9.33. The molecular weight excluding hydrogens is 294 g/mol. The minimum absolute atomic E-state index is 0.509. The van der Waals surface area contributed by atoms with E-state index >= 15 is 0 Å². The number of pyridine rings is 1. The van der Waals surface area contributed by atoms with Crippen molar-refractivity contribution in [3.63, 3.8) is 0 Å². The Morgan fingerprint density at radius 1 is 1.08 bits per heavy atom. The summed E-state index contributed by atoms with van der Waals surface area (Å²) in [6.07, 6.45) is 7.75. The van der Waals surface area contributed by atoms with Crippen LogP contribution < -0.4 is 4.90 Å². The van der Waals surface area contributed by atoms with Crippen molar-refractivity contribution in [2.24, 2.45) is 0 Å². The van der Waals surface area contributed by atoms with E-state index in [1.807, 2.05) is 12.4 Å². The minimum Gasteiger partial charge on any atom is -0.372 e. The number of benzene rings is 1. The summed E-state index contributed by atoms with van der Waals surface area (Å²) < 4.78 is 0. The molecule has 0 amide bonds. The summed E-state index contributed by atoms with van der Waals surface area (Å²) in [6.45, 7) is 8.75. The van der Waals surface area contributed by atoms with Crippen LogP contribution in [0.15, 0.2) is 48.8 Å². The van der Waals surface area contributed by atoms with Gasteiger partial charge in [-0.25, -0.2) is 0 Å². The van der Waals surface area contributed by atoms with Crippen LogP contribution in [0.25, 0.3) is 0 Å². The number of rotatable bonds is 6. The standard InChI is InChI=1S/C21H29N3/c1-3-23(4-2)20-12-10-18(11-13-20)17-24-15-6-5-9-21(24)19-8-7-14-22-16-19/h7-8,10-14,16,21H,3-6,9,15,17H2,1-2H3. The van der Waals surface area contributed by atoms with Crippen LogP contribution in [0.1, 0.15) is 50.3 Å². The second-order valence-corrected chi connectivity index (χ2v) is 6.61. The fourth-order valence-electron chi connectivity index (χ4n) is 3.77. The van der Waals surface area contributed by atoms with Gasteiger partial charge in [0.1, 0.15) is 0 Å². The van der Waals surface area contributed by atoms with Gasteiger partial charge in [-0.2, -0.15) is 0 Å². The van der Waals surface area contributed by atoms with Gasteiger partial charge in [0, 0.05) is 43.8 Å². The SMILES string of the molecule is CCN(CC)c1ccc(CN2CCCCC2c2cccnc2)cc1. The third kappa shape index (κ3) is 3.96. The molecule has 3 heteroatoms. The summed E-state index contributed by atoms with van der Waals surface area (Å²) in [5, 5.41) is 0. The van der Waals surface area contributed by atoms with E-state index in [2.05, 4.69) is 65.0 Å². The first-order valence-electron chi connectivity index (χ1n) is 9.29. The molecule has 1 aromatic heterocycles. The number of hydrogen-bond donors (Lipinski definition) is 0. The Morgan fingerprint density at radius 3 is 2.54 bits per heavy atom. The molecule has 1 fully saturated rings. The first-order valence-corrected chi connectivity index (χ1v) is 9.29. The highest BCUT2D eigenvalue weighted by Gasteiger charge is 2.24. The molecule has 24 heavy (non-hydrogen) atoms. The number of hydrogen-bond acceptors (Lipinski definition) is 3. The lowest BCUT2D eigenvalue weighted by Gasteiger charge is -2.36. The molecule has 1 aliphatic heterocycles. The van der Waals surface area contributed by atoms with Gasteiger partial charge in [0.2, 0.25) is 0 Å². The van der Waals surface area contributed by atoms with E-state index < -0.39 is 0 Å². The highest BCUT2D eigenvalue weighted by Crippen LogP contribution is 2.31. The Labute approximate surface area is 146 Å². The molecule has 0 aliphatic carbocycles. The third-order valence-corrected chi connectivity index (χ3v) is 5.13. The van der Waals surface area contributed by atoms with Crippen molar-refractivity contribution in [1.82, 2.24) is 9.88 Å². The van der Waals surface area contributed by atoms with Crippen molar-refractivity contribution in [2.45, 2.75) is 45.7 Å². The lowest BCUT2D eigenvalue weighted by molar-refractivity contribution is 0.140. The monoisotopic (exact) mass is 323 g/mol. The molecule has 1 atom stereocenters. The maximum Gasteiger partial charge on any atom is 0.0366 e. The van der Waals surface area contributed by atoms with Gasteiger partial charge in [-0.3, -0.25) is 9.88 Å². The normalized spacial score (nSPS) is 18.5. The van der Waals surface area contributed by atoms with Crippen molar-refractivity contribution in [3.8, 4) is 0 Å². The van der Waals surface area contributed by atoms with E-state index in [9.17, 15) is 0 Å². The molecule has 0 N–H and O–H groups in total. The summed E-state index contributed by atoms with van der Waals surface area (Å²) in [7, 11) is 0. The maximum absolute atomic E-state index is 4.32. The quantitative estimate of drug-likeness (QED) is 0.771. The summed E-state index contributed by atoms with van der Waals surface area (Å²) in [6, 6.07) is 13.9. The summed E-state index contributed by atoms with van der Waals surface area (Å²) in [5.74, 6) is 0. The molecule has 1 saturated heterocycles. The zero-order chi connectivity index (χ0) is 16.8. The van der Waals surface area contributed by atoms with Gasteiger partial charge in [-0.05, 0) is 62.6 Å². The Balaban J connectivity index is 1.71. The summed E-state index contributed by atoms with van der Waals surface area (Å²) in [5.41, 5.74) is 4.09. The number of aromatic nitrogens is 1. The number of nitrogens with zero attached hydrogens (tertiary/aromatic N) is 3. The fourth-order valence-corrected chi connectivity index (χ4v) is 3.77. The van der Waals surface area contributed by atoms with Crippen molar-refractivity contribution >= 4 is 5.69 Å². The van der Waals surface area contributed by atoms with Crippen LogP contribution in [0.5, 0.6) is 0 Å². The van der Waals surface area contributed by atoms with E-state index in [-0.39, 0.29) is 0 Å². The molecule has 128 valence electrons.